The van der Waals surface area contributed by atoms with Gasteiger partial charge in [-0.05, 0) is 64.8 Å². The highest BCUT2D eigenvalue weighted by Gasteiger charge is 2.23. The summed E-state index contributed by atoms with van der Waals surface area (Å²) >= 11 is 0. The summed E-state index contributed by atoms with van der Waals surface area (Å²) in [5.41, 5.74) is 0.611. The Balaban J connectivity index is 1.69. The van der Waals surface area contributed by atoms with Crippen LogP contribution in [0.15, 0.2) is 51.7 Å². The van der Waals surface area contributed by atoms with Crippen LogP contribution < -0.4 is 21.6 Å². The molecule has 2 amide bonds. The molecule has 3 aromatic rings. The van der Waals surface area contributed by atoms with Crippen LogP contribution in [-0.4, -0.2) is 40.6 Å². The molecule has 0 aliphatic rings. The second kappa shape index (κ2) is 11.8. The highest BCUT2D eigenvalue weighted by Crippen LogP contribution is 2.22. The van der Waals surface area contributed by atoms with Gasteiger partial charge in [-0.25, -0.2) is 14.4 Å². The average Bonchev–Trinajstić information content (AvgIpc) is 2.81. The van der Waals surface area contributed by atoms with Crippen molar-refractivity contribution in [1.82, 2.24) is 10.3 Å². The van der Waals surface area contributed by atoms with Gasteiger partial charge in [0.15, 0.2) is 0 Å². The van der Waals surface area contributed by atoms with Crippen molar-refractivity contribution >= 4 is 40.6 Å². The number of aromatic nitrogens is 1. The van der Waals surface area contributed by atoms with E-state index in [4.69, 9.17) is 13.9 Å². The van der Waals surface area contributed by atoms with E-state index in [1.54, 1.807) is 40.7 Å². The number of esters is 1. The second-order valence-electron chi connectivity index (χ2n) is 9.81. The Morgan fingerprint density at radius 3 is 2.39 bits per heavy atom. The van der Waals surface area contributed by atoms with Gasteiger partial charge in [-0.3, -0.25) is 4.79 Å². The van der Waals surface area contributed by atoms with Gasteiger partial charge in [0.2, 0.25) is 5.91 Å². The van der Waals surface area contributed by atoms with Gasteiger partial charge < -0.3 is 29.8 Å². The van der Waals surface area contributed by atoms with Crippen molar-refractivity contribution in [1.29, 1.82) is 0 Å². The van der Waals surface area contributed by atoms with Crippen LogP contribution in [-0.2, 0) is 25.7 Å². The molecule has 3 N–H and O–H groups in total. The lowest BCUT2D eigenvalue weighted by atomic mass is 10.1. The lowest BCUT2D eigenvalue weighted by Gasteiger charge is -2.22. The minimum atomic E-state index is -0.907. The molecular formula is C27H32N4O7. The van der Waals surface area contributed by atoms with E-state index in [0.29, 0.717) is 11.3 Å². The number of alkyl carbamates (subject to hydrolysis) is 1. The predicted octanol–water partition coefficient (Wildman–Crippen LogP) is 3.89. The van der Waals surface area contributed by atoms with E-state index in [0.717, 1.165) is 5.56 Å². The molecule has 0 saturated carbocycles. The van der Waals surface area contributed by atoms with Crippen LogP contribution in [0.5, 0.6) is 0 Å². The number of fused-ring (bicyclic) bond motifs is 1. The lowest BCUT2D eigenvalue weighted by molar-refractivity contribution is -0.155. The van der Waals surface area contributed by atoms with Crippen LogP contribution in [0.3, 0.4) is 0 Å². The fourth-order valence-electron chi connectivity index (χ4n) is 3.42. The molecule has 0 spiro atoms. The van der Waals surface area contributed by atoms with Gasteiger partial charge in [0.1, 0.15) is 24.3 Å². The van der Waals surface area contributed by atoms with E-state index in [-0.39, 0.29) is 23.5 Å². The first-order valence-electron chi connectivity index (χ1n) is 12.1. The number of rotatable bonds is 8. The molecule has 0 fully saturated rings. The third-order valence-corrected chi connectivity index (χ3v) is 5.24. The number of ether oxygens (including phenoxy) is 2. The van der Waals surface area contributed by atoms with Gasteiger partial charge in [0.25, 0.3) is 6.01 Å². The number of carbonyl (C=O) groups excluding carboxylic acids is 3. The van der Waals surface area contributed by atoms with Gasteiger partial charge >= 0.3 is 17.7 Å². The number of benzene rings is 2. The van der Waals surface area contributed by atoms with Crippen molar-refractivity contribution in [2.45, 2.75) is 65.8 Å². The third kappa shape index (κ3) is 7.79. The molecule has 11 heteroatoms. The average molecular weight is 525 g/mol. The first kappa shape index (κ1) is 28.2. The molecule has 2 atom stereocenters. The van der Waals surface area contributed by atoms with E-state index in [1.807, 2.05) is 30.3 Å². The summed E-state index contributed by atoms with van der Waals surface area (Å²) in [6.07, 6.45) is -0.736. The Labute approximate surface area is 219 Å². The van der Waals surface area contributed by atoms with E-state index in [1.165, 1.54) is 13.0 Å². The summed E-state index contributed by atoms with van der Waals surface area (Å²) in [6.45, 7) is 10.1. The van der Waals surface area contributed by atoms with Crippen molar-refractivity contribution in [2.24, 2.45) is 0 Å². The Bertz CT molecular complexity index is 1380. The topological polar surface area (TPSA) is 149 Å². The number of aryl methyl sites for hydroxylation is 1. The molecule has 2 aromatic carbocycles. The standard InChI is InChI=1S/C27H32N4O7/c1-15-12-19(30-22(32)16(2)29-26(35)36-14-18-10-8-7-9-11-18)13-20-21(15)24(34)37-25(31-20)28-17(3)23(33)38-27(4,5)6/h7-13,16-17H,14H2,1-6H3,(H,28,31)(H,29,35)(H,30,32)/t16-,17?/m0/s1. The van der Waals surface area contributed by atoms with E-state index in [9.17, 15) is 19.2 Å². The first-order chi connectivity index (χ1) is 17.8. The Morgan fingerprint density at radius 1 is 1.05 bits per heavy atom. The van der Waals surface area contributed by atoms with Gasteiger partial charge in [-0.1, -0.05) is 30.3 Å². The molecule has 3 rings (SSSR count). The molecule has 0 bridgehead atoms. The predicted molar refractivity (Wildman–Crippen MR) is 142 cm³/mol. The van der Waals surface area contributed by atoms with Crippen LogP contribution in [0.25, 0.3) is 10.9 Å². The van der Waals surface area contributed by atoms with Gasteiger partial charge in [-0.2, -0.15) is 4.98 Å². The monoisotopic (exact) mass is 524 g/mol. The number of carbonyl (C=O) groups is 3. The fraction of sp³-hybridized carbons (Fsp3) is 0.370. The highest BCUT2D eigenvalue weighted by atomic mass is 16.6. The zero-order valence-electron chi connectivity index (χ0n) is 22.2. The summed E-state index contributed by atoms with van der Waals surface area (Å²) in [5.74, 6) is -1.04. The smallest absolute Gasteiger partial charge is 0.408 e. The van der Waals surface area contributed by atoms with Crippen molar-refractivity contribution in [3.05, 3.63) is 64.0 Å². The third-order valence-electron chi connectivity index (χ3n) is 5.24. The minimum Gasteiger partial charge on any atom is -0.458 e. The fourth-order valence-corrected chi connectivity index (χ4v) is 3.42. The van der Waals surface area contributed by atoms with Gasteiger partial charge in [0, 0.05) is 5.69 Å². The van der Waals surface area contributed by atoms with Gasteiger partial charge in [0.05, 0.1) is 10.9 Å². The largest absolute Gasteiger partial charge is 0.458 e. The zero-order chi connectivity index (χ0) is 28.0. The molecule has 38 heavy (non-hydrogen) atoms. The molecule has 0 saturated heterocycles. The van der Waals surface area contributed by atoms with Crippen LogP contribution in [0, 0.1) is 6.92 Å². The molecule has 11 nitrogen and oxygen atoms in total. The SMILES string of the molecule is Cc1cc(NC(=O)[C@H](C)NC(=O)OCc2ccccc2)cc2nc(NC(C)C(=O)OC(C)(C)C)oc(=O)c12. The van der Waals surface area contributed by atoms with E-state index >= 15 is 0 Å². The number of hydrogen-bond donors (Lipinski definition) is 3. The summed E-state index contributed by atoms with van der Waals surface area (Å²) in [7, 11) is 0. The van der Waals surface area contributed by atoms with Crippen molar-refractivity contribution in [3.63, 3.8) is 0 Å². The number of amides is 2. The Kier molecular flexibility index (Phi) is 8.72. The summed E-state index contributed by atoms with van der Waals surface area (Å²) in [5, 5.41) is 8.15. The molecule has 1 aromatic heterocycles. The molecule has 0 radical (unpaired) electrons. The molecule has 0 aliphatic carbocycles. The van der Waals surface area contributed by atoms with E-state index in [2.05, 4.69) is 20.9 Å². The van der Waals surface area contributed by atoms with E-state index < -0.39 is 41.3 Å². The molecule has 1 unspecified atom stereocenters. The molecular weight excluding hydrogens is 492 g/mol. The van der Waals surface area contributed by atoms with Gasteiger partial charge in [-0.15, -0.1) is 0 Å². The van der Waals surface area contributed by atoms with Crippen molar-refractivity contribution < 1.29 is 28.3 Å². The van der Waals surface area contributed by atoms with Crippen molar-refractivity contribution in [2.75, 3.05) is 10.6 Å². The number of nitrogens with one attached hydrogen (secondary N) is 3. The normalized spacial score (nSPS) is 12.8. The van der Waals surface area contributed by atoms with Crippen LogP contribution >= 0.6 is 0 Å². The molecule has 0 aliphatic heterocycles. The van der Waals surface area contributed by atoms with Crippen LogP contribution in [0.4, 0.5) is 16.5 Å². The van der Waals surface area contributed by atoms with Crippen LogP contribution in [0.1, 0.15) is 45.7 Å². The maximum atomic E-state index is 12.7. The number of anilines is 2. The zero-order valence-corrected chi connectivity index (χ0v) is 22.2. The van der Waals surface area contributed by atoms with Crippen LogP contribution in [0.2, 0.25) is 0 Å². The first-order valence-corrected chi connectivity index (χ1v) is 12.1. The molecule has 202 valence electrons. The van der Waals surface area contributed by atoms with Crippen molar-refractivity contribution in [3.8, 4) is 0 Å². The number of hydrogen-bond acceptors (Lipinski definition) is 9. The minimum absolute atomic E-state index is 0.0715. The Morgan fingerprint density at radius 2 is 1.74 bits per heavy atom. The quantitative estimate of drug-likeness (QED) is 0.373. The number of nitrogens with zero attached hydrogens (tertiary/aromatic N) is 1. The molecule has 1 heterocycles. The maximum Gasteiger partial charge on any atom is 0.408 e. The lowest BCUT2D eigenvalue weighted by Crippen LogP contribution is -2.41. The second-order valence-corrected chi connectivity index (χ2v) is 9.81. The summed E-state index contributed by atoms with van der Waals surface area (Å²) < 4.78 is 15.7. The Hall–Kier alpha value is -4.41. The summed E-state index contributed by atoms with van der Waals surface area (Å²) in [6, 6.07) is 10.3. The highest BCUT2D eigenvalue weighted by molar-refractivity contribution is 5.98. The maximum absolute atomic E-state index is 12.7. The summed E-state index contributed by atoms with van der Waals surface area (Å²) in [4.78, 5) is 54.0.